The van der Waals surface area contributed by atoms with Crippen LogP contribution in [0.3, 0.4) is 0 Å². The molecule has 0 fully saturated rings. The average molecular weight is 197 g/mol. The van der Waals surface area contributed by atoms with E-state index < -0.39 is 5.82 Å². The molecule has 1 rings (SSSR count). The van der Waals surface area contributed by atoms with Crippen LogP contribution in [-0.4, -0.2) is 5.91 Å². The van der Waals surface area contributed by atoms with Crippen molar-refractivity contribution in [1.82, 2.24) is 0 Å². The molecule has 1 amide bonds. The SMILES string of the molecule is CC.CC(=O)Nc1ccc(C)cc1F. The molecule has 0 atom stereocenters. The molecule has 0 bridgehead atoms. The molecule has 3 heteroatoms. The molecule has 0 saturated heterocycles. The number of amides is 1. The molecule has 1 aromatic rings. The maximum absolute atomic E-state index is 13.0. The number of anilines is 1. The van der Waals surface area contributed by atoms with Crippen LogP contribution in [0.2, 0.25) is 0 Å². The quantitative estimate of drug-likeness (QED) is 0.736. The molecule has 0 heterocycles. The summed E-state index contributed by atoms with van der Waals surface area (Å²) in [5.74, 6) is -0.664. The lowest BCUT2D eigenvalue weighted by Gasteiger charge is -2.03. The Hall–Kier alpha value is -1.38. The van der Waals surface area contributed by atoms with E-state index in [1.807, 2.05) is 13.8 Å². The molecule has 78 valence electrons. The van der Waals surface area contributed by atoms with Gasteiger partial charge in [-0.3, -0.25) is 4.79 Å². The van der Waals surface area contributed by atoms with Crippen molar-refractivity contribution in [3.63, 3.8) is 0 Å². The maximum Gasteiger partial charge on any atom is 0.221 e. The minimum absolute atomic E-state index is 0.230. The highest BCUT2D eigenvalue weighted by Crippen LogP contribution is 2.14. The number of aryl methyl sites for hydroxylation is 1. The van der Waals surface area contributed by atoms with E-state index in [9.17, 15) is 9.18 Å². The number of rotatable bonds is 1. The highest BCUT2D eigenvalue weighted by molar-refractivity contribution is 5.88. The Morgan fingerprint density at radius 2 is 1.93 bits per heavy atom. The molecule has 0 unspecified atom stereocenters. The van der Waals surface area contributed by atoms with Crippen molar-refractivity contribution in [3.05, 3.63) is 29.6 Å². The number of halogens is 1. The molecule has 2 nitrogen and oxygen atoms in total. The van der Waals surface area contributed by atoms with Gasteiger partial charge in [-0.25, -0.2) is 4.39 Å². The van der Waals surface area contributed by atoms with Crippen molar-refractivity contribution < 1.29 is 9.18 Å². The van der Waals surface area contributed by atoms with Crippen molar-refractivity contribution in [2.45, 2.75) is 27.7 Å². The second-order valence-electron chi connectivity index (χ2n) is 2.66. The lowest BCUT2D eigenvalue weighted by molar-refractivity contribution is -0.114. The van der Waals surface area contributed by atoms with Gasteiger partial charge in [0.15, 0.2) is 0 Å². The van der Waals surface area contributed by atoms with E-state index in [4.69, 9.17) is 0 Å². The van der Waals surface area contributed by atoms with Gasteiger partial charge in [0.1, 0.15) is 5.82 Å². The summed E-state index contributed by atoms with van der Waals surface area (Å²) in [4.78, 5) is 10.6. The van der Waals surface area contributed by atoms with E-state index in [1.54, 1.807) is 19.1 Å². The fraction of sp³-hybridized carbons (Fsp3) is 0.364. The minimum atomic E-state index is -0.398. The Kier molecular flexibility index (Phi) is 5.53. The molecule has 14 heavy (non-hydrogen) atoms. The lowest BCUT2D eigenvalue weighted by atomic mass is 10.2. The molecule has 0 saturated carbocycles. The molecule has 1 N–H and O–H groups in total. The van der Waals surface area contributed by atoms with Gasteiger partial charge < -0.3 is 5.32 Å². The first-order valence-electron chi connectivity index (χ1n) is 4.63. The monoisotopic (exact) mass is 197 g/mol. The van der Waals surface area contributed by atoms with Crippen LogP contribution in [0.5, 0.6) is 0 Å². The second kappa shape index (κ2) is 6.13. The van der Waals surface area contributed by atoms with Crippen LogP contribution in [-0.2, 0) is 4.79 Å². The Bertz CT molecular complexity index is 310. The third-order valence-electron chi connectivity index (χ3n) is 1.44. The van der Waals surface area contributed by atoms with E-state index in [0.717, 1.165) is 5.56 Å². The predicted molar refractivity (Wildman–Crippen MR) is 56.8 cm³/mol. The number of hydrogen-bond donors (Lipinski definition) is 1. The second-order valence-corrected chi connectivity index (χ2v) is 2.66. The molecular weight excluding hydrogens is 181 g/mol. The predicted octanol–water partition coefficient (Wildman–Crippen LogP) is 3.12. The minimum Gasteiger partial charge on any atom is -0.324 e. The Balaban J connectivity index is 0.000000791. The van der Waals surface area contributed by atoms with Crippen molar-refractivity contribution in [2.75, 3.05) is 5.32 Å². The number of carbonyl (C=O) groups is 1. The Labute approximate surface area is 84.1 Å². The van der Waals surface area contributed by atoms with E-state index in [-0.39, 0.29) is 11.6 Å². The Morgan fingerprint density at radius 3 is 2.36 bits per heavy atom. The topological polar surface area (TPSA) is 29.1 Å². The molecule has 0 aliphatic carbocycles. The first-order chi connectivity index (χ1) is 6.59. The maximum atomic E-state index is 13.0. The smallest absolute Gasteiger partial charge is 0.221 e. The summed E-state index contributed by atoms with van der Waals surface area (Å²) in [6.45, 7) is 7.14. The van der Waals surface area contributed by atoms with Gasteiger partial charge in [-0.2, -0.15) is 0 Å². The van der Waals surface area contributed by atoms with Crippen LogP contribution >= 0.6 is 0 Å². The molecule has 0 radical (unpaired) electrons. The summed E-state index contributed by atoms with van der Waals surface area (Å²) >= 11 is 0. The standard InChI is InChI=1S/C9H10FNO.C2H6/c1-6-3-4-9(8(10)5-6)11-7(2)12;1-2/h3-5H,1-2H3,(H,11,12);1-2H3. The van der Waals surface area contributed by atoms with Crippen molar-refractivity contribution >= 4 is 11.6 Å². The molecule has 0 aromatic heterocycles. The first kappa shape index (κ1) is 12.6. The van der Waals surface area contributed by atoms with E-state index in [0.29, 0.717) is 0 Å². The van der Waals surface area contributed by atoms with Crippen LogP contribution in [0, 0.1) is 12.7 Å². The zero-order valence-corrected chi connectivity index (χ0v) is 9.02. The van der Waals surface area contributed by atoms with Gasteiger partial charge in [0.05, 0.1) is 5.69 Å². The third-order valence-corrected chi connectivity index (χ3v) is 1.44. The van der Waals surface area contributed by atoms with Crippen LogP contribution < -0.4 is 5.32 Å². The zero-order valence-electron chi connectivity index (χ0n) is 9.02. The fourth-order valence-corrected chi connectivity index (χ4v) is 0.911. The molecule has 1 aromatic carbocycles. The molecule has 0 aliphatic heterocycles. The van der Waals surface area contributed by atoms with Crippen molar-refractivity contribution in [2.24, 2.45) is 0 Å². The van der Waals surface area contributed by atoms with E-state index in [1.165, 1.54) is 13.0 Å². The number of benzene rings is 1. The summed E-state index contributed by atoms with van der Waals surface area (Å²) < 4.78 is 13.0. The van der Waals surface area contributed by atoms with Crippen LogP contribution in [0.15, 0.2) is 18.2 Å². The molecular formula is C11H16FNO. The van der Waals surface area contributed by atoms with Crippen molar-refractivity contribution in [3.8, 4) is 0 Å². The normalized spacial score (nSPS) is 8.64. The zero-order chi connectivity index (χ0) is 11.1. The largest absolute Gasteiger partial charge is 0.324 e. The summed E-state index contributed by atoms with van der Waals surface area (Å²) in [6, 6.07) is 4.67. The summed E-state index contributed by atoms with van der Waals surface area (Å²) in [6.07, 6.45) is 0. The van der Waals surface area contributed by atoms with E-state index in [2.05, 4.69) is 5.32 Å². The highest BCUT2D eigenvalue weighted by Gasteiger charge is 2.02. The number of carbonyl (C=O) groups excluding carboxylic acids is 1. The molecule has 0 aliphatic rings. The van der Waals surface area contributed by atoms with Gasteiger partial charge in [0, 0.05) is 6.92 Å². The van der Waals surface area contributed by atoms with Gasteiger partial charge in [-0.1, -0.05) is 19.9 Å². The Morgan fingerprint density at radius 1 is 1.36 bits per heavy atom. The average Bonchev–Trinajstić information content (AvgIpc) is 2.13. The van der Waals surface area contributed by atoms with Gasteiger partial charge in [-0.15, -0.1) is 0 Å². The fourth-order valence-electron chi connectivity index (χ4n) is 0.911. The van der Waals surface area contributed by atoms with Gasteiger partial charge in [0.2, 0.25) is 5.91 Å². The first-order valence-corrected chi connectivity index (χ1v) is 4.63. The van der Waals surface area contributed by atoms with Crippen LogP contribution in [0.25, 0.3) is 0 Å². The highest BCUT2D eigenvalue weighted by atomic mass is 19.1. The summed E-state index contributed by atoms with van der Waals surface area (Å²) in [5.41, 5.74) is 1.06. The van der Waals surface area contributed by atoms with Crippen molar-refractivity contribution in [1.29, 1.82) is 0 Å². The van der Waals surface area contributed by atoms with Crippen LogP contribution in [0.1, 0.15) is 26.3 Å². The summed E-state index contributed by atoms with van der Waals surface area (Å²) in [7, 11) is 0. The molecule has 0 spiro atoms. The number of hydrogen-bond acceptors (Lipinski definition) is 1. The van der Waals surface area contributed by atoms with Gasteiger partial charge in [-0.05, 0) is 24.6 Å². The third kappa shape index (κ3) is 4.03. The summed E-state index contributed by atoms with van der Waals surface area (Å²) in [5, 5.41) is 2.39. The van der Waals surface area contributed by atoms with E-state index >= 15 is 0 Å². The number of nitrogens with one attached hydrogen (secondary N) is 1. The van der Waals surface area contributed by atoms with Gasteiger partial charge in [0.25, 0.3) is 0 Å². The lowest BCUT2D eigenvalue weighted by Crippen LogP contribution is -2.07. The van der Waals surface area contributed by atoms with Gasteiger partial charge >= 0.3 is 0 Å². The van der Waals surface area contributed by atoms with Crippen LogP contribution in [0.4, 0.5) is 10.1 Å².